The third kappa shape index (κ3) is 1.18. The third-order valence-electron chi connectivity index (χ3n) is 2.97. The molecule has 0 N–H and O–H groups in total. The van der Waals surface area contributed by atoms with Crippen molar-refractivity contribution in [1.29, 1.82) is 0 Å². The summed E-state index contributed by atoms with van der Waals surface area (Å²) in [5.41, 5.74) is 1.58. The summed E-state index contributed by atoms with van der Waals surface area (Å²) in [5, 5.41) is 0. The molecule has 0 aromatic rings. The van der Waals surface area contributed by atoms with Crippen molar-refractivity contribution in [2.24, 2.45) is 11.3 Å². The van der Waals surface area contributed by atoms with Gasteiger partial charge in [-0.05, 0) is 12.8 Å². The highest BCUT2D eigenvalue weighted by Gasteiger charge is 2.29. The Morgan fingerprint density at radius 3 is 2.64 bits per heavy atom. The predicted octanol–water partition coefficient (Wildman–Crippen LogP) is 3.33. The second kappa shape index (κ2) is 2.69. The van der Waals surface area contributed by atoms with Crippen LogP contribution in [0.25, 0.3) is 0 Å². The van der Waals surface area contributed by atoms with Gasteiger partial charge in [-0.1, -0.05) is 43.7 Å². The van der Waals surface area contributed by atoms with Crippen LogP contribution in [-0.4, -0.2) is 0 Å². The van der Waals surface area contributed by atoms with Crippen molar-refractivity contribution in [1.82, 2.24) is 0 Å². The van der Waals surface area contributed by atoms with Gasteiger partial charge in [0.25, 0.3) is 0 Å². The van der Waals surface area contributed by atoms with Gasteiger partial charge in [0.1, 0.15) is 0 Å². The minimum absolute atomic E-state index is 0.175. The Kier molecular flexibility index (Phi) is 2.03. The normalized spacial score (nSPS) is 36.6. The topological polar surface area (TPSA) is 0 Å². The minimum atomic E-state index is 0.175. The maximum Gasteiger partial charge on any atom is 0.0120 e. The van der Waals surface area contributed by atoms with E-state index < -0.39 is 0 Å². The van der Waals surface area contributed by atoms with Gasteiger partial charge < -0.3 is 0 Å². The van der Waals surface area contributed by atoms with Crippen LogP contribution in [0.15, 0.2) is 36.5 Å². The molecular weight excluding hydrogens is 132 g/mol. The Morgan fingerprint density at radius 2 is 2.27 bits per heavy atom. The molecule has 11 heavy (non-hydrogen) atoms. The van der Waals surface area contributed by atoms with Gasteiger partial charge in [-0.15, -0.1) is 6.58 Å². The van der Waals surface area contributed by atoms with E-state index in [0.29, 0.717) is 5.92 Å². The fourth-order valence-corrected chi connectivity index (χ4v) is 1.45. The Balaban J connectivity index is 3.03. The average Bonchev–Trinajstić information content (AvgIpc) is 2.00. The van der Waals surface area contributed by atoms with Crippen LogP contribution in [0.3, 0.4) is 0 Å². The third-order valence-corrected chi connectivity index (χ3v) is 2.97. The van der Waals surface area contributed by atoms with E-state index in [4.69, 9.17) is 0 Å². The van der Waals surface area contributed by atoms with E-state index in [9.17, 15) is 0 Å². The number of hydrogen-bond donors (Lipinski definition) is 0. The smallest absolute Gasteiger partial charge is 0.0120 e. The van der Waals surface area contributed by atoms with E-state index in [0.717, 1.165) is 0 Å². The van der Waals surface area contributed by atoms with E-state index in [1.807, 2.05) is 6.08 Å². The van der Waals surface area contributed by atoms with Crippen molar-refractivity contribution < 1.29 is 0 Å². The molecule has 0 radical (unpaired) electrons. The Hall–Kier alpha value is -0.780. The summed E-state index contributed by atoms with van der Waals surface area (Å²) in [6.45, 7) is 10.5. The lowest BCUT2D eigenvalue weighted by Crippen LogP contribution is -2.24. The van der Waals surface area contributed by atoms with Crippen LogP contribution in [-0.2, 0) is 0 Å². The molecule has 0 fully saturated rings. The first-order chi connectivity index (χ1) is 5.11. The maximum atomic E-state index is 3.88. The standard InChI is InChI=1S/C11H16/c1-5-11(4)9(2)7-6-8-10(11)3/h5-9H,1H2,2-4H3. The van der Waals surface area contributed by atoms with Crippen LogP contribution in [0.5, 0.6) is 0 Å². The molecule has 60 valence electrons. The molecule has 2 atom stereocenters. The molecule has 0 spiro atoms. The molecule has 0 nitrogen and oxygen atoms in total. The van der Waals surface area contributed by atoms with Gasteiger partial charge >= 0.3 is 0 Å². The molecule has 0 aromatic heterocycles. The second-order valence-electron chi connectivity index (χ2n) is 3.51. The molecule has 0 aliphatic heterocycles. The molecule has 0 amide bonds. The SMILES string of the molecule is C=CC1(C)C(C)=CC=CC1C. The van der Waals surface area contributed by atoms with Gasteiger partial charge in [0.15, 0.2) is 0 Å². The van der Waals surface area contributed by atoms with Crippen LogP contribution in [0.4, 0.5) is 0 Å². The van der Waals surface area contributed by atoms with E-state index in [1.54, 1.807) is 0 Å². The maximum absolute atomic E-state index is 3.88. The molecule has 0 saturated heterocycles. The van der Waals surface area contributed by atoms with Crippen molar-refractivity contribution in [3.63, 3.8) is 0 Å². The summed E-state index contributed by atoms with van der Waals surface area (Å²) in [7, 11) is 0. The molecule has 1 aliphatic carbocycles. The van der Waals surface area contributed by atoms with Crippen molar-refractivity contribution >= 4 is 0 Å². The lowest BCUT2D eigenvalue weighted by Gasteiger charge is -2.34. The van der Waals surface area contributed by atoms with E-state index in [1.165, 1.54) is 5.57 Å². The van der Waals surface area contributed by atoms with Crippen LogP contribution in [0.2, 0.25) is 0 Å². The monoisotopic (exact) mass is 148 g/mol. The number of allylic oxidation sites excluding steroid dienone is 5. The minimum Gasteiger partial charge on any atom is -0.102 e. The van der Waals surface area contributed by atoms with Crippen LogP contribution >= 0.6 is 0 Å². The van der Waals surface area contributed by atoms with Gasteiger partial charge in [0.2, 0.25) is 0 Å². The molecule has 0 aromatic carbocycles. The molecule has 0 heteroatoms. The molecule has 0 bridgehead atoms. The highest BCUT2D eigenvalue weighted by molar-refractivity contribution is 5.30. The first-order valence-corrected chi connectivity index (χ1v) is 4.10. The number of rotatable bonds is 1. The van der Waals surface area contributed by atoms with Crippen molar-refractivity contribution in [2.45, 2.75) is 20.8 Å². The largest absolute Gasteiger partial charge is 0.102 e. The van der Waals surface area contributed by atoms with Gasteiger partial charge in [0, 0.05) is 5.41 Å². The molecule has 2 unspecified atom stereocenters. The zero-order chi connectivity index (χ0) is 8.48. The highest BCUT2D eigenvalue weighted by Crippen LogP contribution is 2.39. The zero-order valence-electron chi connectivity index (χ0n) is 7.59. The Bertz CT molecular complexity index is 220. The molecule has 0 saturated carbocycles. The summed E-state index contributed by atoms with van der Waals surface area (Å²) < 4.78 is 0. The lowest BCUT2D eigenvalue weighted by atomic mass is 9.70. The summed E-state index contributed by atoms with van der Waals surface area (Å²) in [6.07, 6.45) is 8.58. The van der Waals surface area contributed by atoms with Gasteiger partial charge in [-0.25, -0.2) is 0 Å². The summed E-state index contributed by atoms with van der Waals surface area (Å²) in [6, 6.07) is 0. The van der Waals surface area contributed by atoms with E-state index >= 15 is 0 Å². The first kappa shape index (κ1) is 8.32. The Labute approximate surface area is 69.3 Å². The quantitative estimate of drug-likeness (QED) is 0.500. The van der Waals surface area contributed by atoms with Crippen LogP contribution in [0, 0.1) is 11.3 Å². The van der Waals surface area contributed by atoms with Gasteiger partial charge in [0.05, 0.1) is 0 Å². The van der Waals surface area contributed by atoms with Gasteiger partial charge in [-0.3, -0.25) is 0 Å². The highest BCUT2D eigenvalue weighted by atomic mass is 14.3. The summed E-state index contributed by atoms with van der Waals surface area (Å²) in [5.74, 6) is 0.574. The van der Waals surface area contributed by atoms with Crippen LogP contribution < -0.4 is 0 Å². The molecule has 1 aliphatic rings. The Morgan fingerprint density at radius 1 is 1.64 bits per heavy atom. The molecule has 0 heterocycles. The summed E-state index contributed by atoms with van der Waals surface area (Å²) in [4.78, 5) is 0. The predicted molar refractivity (Wildman–Crippen MR) is 50.4 cm³/mol. The van der Waals surface area contributed by atoms with Crippen LogP contribution in [0.1, 0.15) is 20.8 Å². The summed E-state index contributed by atoms with van der Waals surface area (Å²) >= 11 is 0. The van der Waals surface area contributed by atoms with Crippen molar-refractivity contribution in [2.75, 3.05) is 0 Å². The fourth-order valence-electron chi connectivity index (χ4n) is 1.45. The lowest BCUT2D eigenvalue weighted by molar-refractivity contribution is 0.392. The van der Waals surface area contributed by atoms with E-state index in [-0.39, 0.29) is 5.41 Å². The molecule has 1 rings (SSSR count). The van der Waals surface area contributed by atoms with Crippen molar-refractivity contribution in [3.05, 3.63) is 36.5 Å². The van der Waals surface area contributed by atoms with Gasteiger partial charge in [-0.2, -0.15) is 0 Å². The first-order valence-electron chi connectivity index (χ1n) is 4.10. The zero-order valence-corrected chi connectivity index (χ0v) is 7.59. The average molecular weight is 148 g/mol. The molecular formula is C11H16. The van der Waals surface area contributed by atoms with Crippen molar-refractivity contribution in [3.8, 4) is 0 Å². The fraction of sp³-hybridized carbons (Fsp3) is 0.455. The second-order valence-corrected chi connectivity index (χ2v) is 3.51. The van der Waals surface area contributed by atoms with E-state index in [2.05, 4.69) is 45.6 Å². The number of hydrogen-bond acceptors (Lipinski definition) is 0.